The van der Waals surface area contributed by atoms with E-state index in [2.05, 4.69) is 0 Å². The van der Waals surface area contributed by atoms with E-state index < -0.39 is 22.9 Å². The summed E-state index contributed by atoms with van der Waals surface area (Å²) in [6, 6.07) is 9.11. The number of fused-ring (bicyclic) bond motifs is 2. The van der Waals surface area contributed by atoms with Crippen molar-refractivity contribution in [2.45, 2.75) is 37.6 Å². The lowest BCUT2D eigenvalue weighted by atomic mass is 9.75. The number of carboxylic acids is 1. The van der Waals surface area contributed by atoms with Crippen LogP contribution in [0.5, 0.6) is 5.75 Å². The first-order valence-corrected chi connectivity index (χ1v) is 9.07. The highest BCUT2D eigenvalue weighted by atomic mass is 16.5. The topological polar surface area (TPSA) is 88.8 Å². The molecule has 1 aromatic heterocycles. The van der Waals surface area contributed by atoms with Gasteiger partial charge < -0.3 is 19.5 Å². The largest absolute Gasteiger partial charge is 0.509 e. The average Bonchev–Trinajstić information content (AvgIpc) is 3.13. The zero-order valence-corrected chi connectivity index (χ0v) is 15.1. The molecule has 1 fully saturated rings. The van der Waals surface area contributed by atoms with E-state index in [-0.39, 0.29) is 5.76 Å². The van der Waals surface area contributed by atoms with Crippen molar-refractivity contribution in [2.24, 2.45) is 0 Å². The van der Waals surface area contributed by atoms with Crippen LogP contribution in [0.4, 0.5) is 0 Å². The molecule has 0 unspecified atom stereocenters. The van der Waals surface area contributed by atoms with Crippen LogP contribution in [-0.4, -0.2) is 33.6 Å². The molecular formula is C21H21NO5. The third-order valence-electron chi connectivity index (χ3n) is 5.76. The average molecular weight is 367 g/mol. The first kappa shape index (κ1) is 17.4. The number of ether oxygens (including phenoxy) is 1. The molecule has 2 N–H and O–H groups in total. The Morgan fingerprint density at radius 1 is 1.11 bits per heavy atom. The molecule has 1 saturated carbocycles. The lowest BCUT2D eigenvalue weighted by Crippen LogP contribution is -2.45. The molecule has 4 rings (SSSR count). The molecule has 2 heterocycles. The molecule has 0 atom stereocenters. The van der Waals surface area contributed by atoms with Gasteiger partial charge in [0.1, 0.15) is 22.6 Å². The SMILES string of the molecule is COc1ccc(-c2ccn3c2C(=O)C(C(=O)O)=C(O)C32CCCCC2)cc1. The summed E-state index contributed by atoms with van der Waals surface area (Å²) < 4.78 is 6.98. The maximum Gasteiger partial charge on any atom is 0.343 e. The number of hydrogen-bond acceptors (Lipinski definition) is 4. The van der Waals surface area contributed by atoms with Gasteiger partial charge in [-0.3, -0.25) is 4.79 Å². The number of carbonyl (C=O) groups excluding carboxylic acids is 1. The summed E-state index contributed by atoms with van der Waals surface area (Å²) in [5.74, 6) is -1.63. The summed E-state index contributed by atoms with van der Waals surface area (Å²) in [5.41, 5.74) is 0.448. The van der Waals surface area contributed by atoms with Crippen LogP contribution in [0.25, 0.3) is 11.1 Å². The highest BCUT2D eigenvalue weighted by Gasteiger charge is 2.48. The Morgan fingerprint density at radius 3 is 2.37 bits per heavy atom. The van der Waals surface area contributed by atoms with Gasteiger partial charge in [0.25, 0.3) is 0 Å². The molecular weight excluding hydrogens is 346 g/mol. The van der Waals surface area contributed by atoms with E-state index in [0.717, 1.165) is 24.8 Å². The van der Waals surface area contributed by atoms with Gasteiger partial charge in [0, 0.05) is 11.8 Å². The number of nitrogens with zero attached hydrogens (tertiary/aromatic N) is 1. The van der Waals surface area contributed by atoms with Crippen LogP contribution in [0.15, 0.2) is 47.9 Å². The Bertz CT molecular complexity index is 945. The summed E-state index contributed by atoms with van der Waals surface area (Å²) in [5, 5.41) is 20.4. The van der Waals surface area contributed by atoms with E-state index in [1.165, 1.54) is 0 Å². The van der Waals surface area contributed by atoms with Gasteiger partial charge in [0.2, 0.25) is 5.78 Å². The minimum Gasteiger partial charge on any atom is -0.509 e. The van der Waals surface area contributed by atoms with Gasteiger partial charge in [0.15, 0.2) is 0 Å². The molecule has 6 nitrogen and oxygen atoms in total. The Labute approximate surface area is 156 Å². The minimum atomic E-state index is -1.38. The first-order valence-electron chi connectivity index (χ1n) is 9.07. The second kappa shape index (κ2) is 6.30. The predicted octanol–water partition coefficient (Wildman–Crippen LogP) is 3.92. The van der Waals surface area contributed by atoms with E-state index in [9.17, 15) is 19.8 Å². The third-order valence-corrected chi connectivity index (χ3v) is 5.76. The number of Topliss-reactive ketones (excluding diaryl/α,β-unsaturated/α-hetero) is 1. The number of aliphatic hydroxyl groups excluding tert-OH is 1. The van der Waals surface area contributed by atoms with Gasteiger partial charge >= 0.3 is 5.97 Å². The second-order valence-corrected chi connectivity index (χ2v) is 7.13. The number of carboxylic acid groups (broad SMARTS) is 1. The van der Waals surface area contributed by atoms with Crippen LogP contribution in [0, 0.1) is 0 Å². The van der Waals surface area contributed by atoms with Gasteiger partial charge in [-0.15, -0.1) is 0 Å². The highest BCUT2D eigenvalue weighted by molar-refractivity contribution is 6.26. The Balaban J connectivity index is 1.93. The van der Waals surface area contributed by atoms with Crippen molar-refractivity contribution in [1.29, 1.82) is 0 Å². The summed E-state index contributed by atoms with van der Waals surface area (Å²) in [6.45, 7) is 0. The number of carbonyl (C=O) groups is 2. The first-order chi connectivity index (χ1) is 13.0. The van der Waals surface area contributed by atoms with Crippen molar-refractivity contribution in [2.75, 3.05) is 7.11 Å². The third kappa shape index (κ3) is 2.47. The predicted molar refractivity (Wildman–Crippen MR) is 99.1 cm³/mol. The summed E-state index contributed by atoms with van der Waals surface area (Å²) in [4.78, 5) is 24.8. The fourth-order valence-corrected chi connectivity index (χ4v) is 4.41. The number of aliphatic carboxylic acids is 1. The zero-order chi connectivity index (χ0) is 19.2. The molecule has 27 heavy (non-hydrogen) atoms. The molecule has 1 aromatic carbocycles. The van der Waals surface area contributed by atoms with Gasteiger partial charge in [0.05, 0.1) is 12.8 Å². The monoisotopic (exact) mass is 367 g/mol. The molecule has 1 aliphatic carbocycles. The lowest BCUT2D eigenvalue weighted by molar-refractivity contribution is -0.132. The fourth-order valence-electron chi connectivity index (χ4n) is 4.41. The van der Waals surface area contributed by atoms with Crippen LogP contribution >= 0.6 is 0 Å². The smallest absolute Gasteiger partial charge is 0.343 e. The maximum absolute atomic E-state index is 13.0. The molecule has 0 bridgehead atoms. The van der Waals surface area contributed by atoms with Gasteiger partial charge in [-0.1, -0.05) is 31.4 Å². The summed E-state index contributed by atoms with van der Waals surface area (Å²) in [6.07, 6.45) is 5.82. The molecule has 1 spiro atoms. The second-order valence-electron chi connectivity index (χ2n) is 7.13. The van der Waals surface area contributed by atoms with Crippen LogP contribution in [0.1, 0.15) is 42.6 Å². The van der Waals surface area contributed by atoms with Gasteiger partial charge in [-0.25, -0.2) is 4.79 Å². The van der Waals surface area contributed by atoms with Crippen molar-refractivity contribution < 1.29 is 24.5 Å². The standard InChI is InChI=1S/C21H21NO5/c1-27-14-7-5-13(6-8-14)15-9-12-22-17(15)18(23)16(20(25)26)19(24)21(22)10-3-2-4-11-21/h5-9,12,24H,2-4,10-11H2,1H3,(H,25,26). The number of aliphatic hydroxyl groups is 1. The molecule has 2 aromatic rings. The fraction of sp³-hybridized carbons (Fsp3) is 0.333. The Hall–Kier alpha value is -3.02. The number of rotatable bonds is 3. The van der Waals surface area contributed by atoms with Gasteiger partial charge in [-0.05, 0) is 36.6 Å². The van der Waals surface area contributed by atoms with Gasteiger partial charge in [-0.2, -0.15) is 0 Å². The Morgan fingerprint density at radius 2 is 1.78 bits per heavy atom. The van der Waals surface area contributed by atoms with E-state index >= 15 is 0 Å². The van der Waals surface area contributed by atoms with E-state index in [1.54, 1.807) is 30.0 Å². The quantitative estimate of drug-likeness (QED) is 0.803. The highest BCUT2D eigenvalue weighted by Crippen LogP contribution is 2.47. The molecule has 1 aliphatic heterocycles. The number of ketones is 1. The number of methoxy groups -OCH3 is 1. The maximum atomic E-state index is 13.0. The van der Waals surface area contributed by atoms with Crippen LogP contribution < -0.4 is 4.74 Å². The minimum absolute atomic E-state index is 0.302. The van der Waals surface area contributed by atoms with Crippen molar-refractivity contribution in [3.63, 3.8) is 0 Å². The Kier molecular flexibility index (Phi) is 4.06. The number of benzene rings is 1. The van der Waals surface area contributed by atoms with E-state index in [0.29, 0.717) is 29.8 Å². The summed E-state index contributed by atoms with van der Waals surface area (Å²) in [7, 11) is 1.58. The van der Waals surface area contributed by atoms with Crippen molar-refractivity contribution >= 4 is 11.8 Å². The summed E-state index contributed by atoms with van der Waals surface area (Å²) >= 11 is 0. The number of allylic oxidation sites excluding steroid dienone is 1. The van der Waals surface area contributed by atoms with Crippen LogP contribution in [0.2, 0.25) is 0 Å². The molecule has 6 heteroatoms. The molecule has 0 amide bonds. The molecule has 0 radical (unpaired) electrons. The number of hydrogen-bond donors (Lipinski definition) is 2. The van der Waals surface area contributed by atoms with E-state index in [4.69, 9.17) is 4.74 Å². The lowest BCUT2D eigenvalue weighted by Gasteiger charge is -2.42. The molecule has 2 aliphatic rings. The van der Waals surface area contributed by atoms with Crippen molar-refractivity contribution in [3.8, 4) is 16.9 Å². The van der Waals surface area contributed by atoms with Crippen LogP contribution in [0.3, 0.4) is 0 Å². The van der Waals surface area contributed by atoms with Crippen molar-refractivity contribution in [1.82, 2.24) is 4.57 Å². The normalized spacial score (nSPS) is 18.5. The van der Waals surface area contributed by atoms with Crippen LogP contribution in [-0.2, 0) is 10.3 Å². The molecule has 0 saturated heterocycles. The van der Waals surface area contributed by atoms with Crippen molar-refractivity contribution in [3.05, 3.63) is 53.6 Å². The number of aromatic nitrogens is 1. The van der Waals surface area contributed by atoms with E-state index in [1.807, 2.05) is 18.2 Å². The molecule has 140 valence electrons. The zero-order valence-electron chi connectivity index (χ0n) is 15.1.